The van der Waals surface area contributed by atoms with E-state index in [4.69, 9.17) is 0 Å². The van der Waals surface area contributed by atoms with Crippen LogP contribution < -0.4 is 0 Å². The molecule has 2 aromatic rings. The fourth-order valence-electron chi connectivity index (χ4n) is 6.99. The predicted octanol–water partition coefficient (Wildman–Crippen LogP) is 5.09. The maximum Gasteiger partial charge on any atom is 0.408 e. The third-order valence-corrected chi connectivity index (χ3v) is 9.07. The van der Waals surface area contributed by atoms with Crippen LogP contribution in [0.5, 0.6) is 5.75 Å². The van der Waals surface area contributed by atoms with Gasteiger partial charge >= 0.3 is 6.18 Å². The van der Waals surface area contributed by atoms with E-state index in [2.05, 4.69) is 22.9 Å². The SMILES string of the molecule is Cc1c(F)cccc1[C@H]1[C@@H](C(=O)N2CCC[C@H]2C(F)(F)F)CN(C2CCN(C)CC2)C[C@@H]1c1[c]cccc1O. The van der Waals surface area contributed by atoms with Crippen molar-refractivity contribution in [1.82, 2.24) is 14.7 Å². The van der Waals surface area contributed by atoms with E-state index in [9.17, 15) is 27.5 Å². The largest absolute Gasteiger partial charge is 0.508 e. The summed E-state index contributed by atoms with van der Waals surface area (Å²) in [5.41, 5.74) is 1.48. The number of alkyl halides is 3. The Morgan fingerprint density at radius 1 is 1.05 bits per heavy atom. The summed E-state index contributed by atoms with van der Waals surface area (Å²) < 4.78 is 56.8. The quantitative estimate of drug-likeness (QED) is 0.543. The number of amides is 1. The van der Waals surface area contributed by atoms with E-state index < -0.39 is 41.7 Å². The Kier molecular flexibility index (Phi) is 7.93. The van der Waals surface area contributed by atoms with Gasteiger partial charge in [-0.25, -0.2) is 4.39 Å². The molecule has 3 aliphatic heterocycles. The molecule has 3 aliphatic rings. The van der Waals surface area contributed by atoms with Crippen molar-refractivity contribution in [2.24, 2.45) is 5.92 Å². The molecule has 3 heterocycles. The number of halogens is 4. The number of rotatable bonds is 4. The Labute approximate surface area is 227 Å². The van der Waals surface area contributed by atoms with Crippen molar-refractivity contribution >= 4 is 5.91 Å². The number of likely N-dealkylation sites (tertiary alicyclic amines) is 3. The Morgan fingerprint density at radius 3 is 2.49 bits per heavy atom. The standard InChI is InChI=1S/C30H36F4N3O2/c1-19-21(8-5-9-25(19)31)28-23(22-7-3-4-10-26(22)38)17-36(20-12-15-35(2)16-13-20)18-24(28)29(39)37-14-6-11-27(37)30(32,33)34/h3-5,8-10,20,23-24,27-28,38H,6,11-18H2,1-2H3/t23-,24+,27+,28-/m1/s1. The maximum absolute atomic E-state index is 14.9. The van der Waals surface area contributed by atoms with Crippen LogP contribution in [0.3, 0.4) is 0 Å². The van der Waals surface area contributed by atoms with E-state index in [1.54, 1.807) is 37.3 Å². The fourth-order valence-corrected chi connectivity index (χ4v) is 6.99. The topological polar surface area (TPSA) is 47.0 Å². The smallest absolute Gasteiger partial charge is 0.408 e. The van der Waals surface area contributed by atoms with Gasteiger partial charge in [0.05, 0.1) is 5.92 Å². The number of nitrogens with zero attached hydrogens (tertiary/aromatic N) is 3. The predicted molar refractivity (Wildman–Crippen MR) is 140 cm³/mol. The third kappa shape index (κ3) is 5.53. The van der Waals surface area contributed by atoms with Gasteiger partial charge in [0.1, 0.15) is 17.6 Å². The highest BCUT2D eigenvalue weighted by atomic mass is 19.4. The van der Waals surface area contributed by atoms with Gasteiger partial charge in [0.2, 0.25) is 5.91 Å². The van der Waals surface area contributed by atoms with Crippen molar-refractivity contribution in [3.05, 3.63) is 65.0 Å². The number of benzene rings is 2. The lowest BCUT2D eigenvalue weighted by Crippen LogP contribution is -2.57. The summed E-state index contributed by atoms with van der Waals surface area (Å²) in [7, 11) is 2.06. The van der Waals surface area contributed by atoms with Gasteiger partial charge in [-0.3, -0.25) is 9.69 Å². The van der Waals surface area contributed by atoms with E-state index in [0.29, 0.717) is 36.2 Å². The minimum atomic E-state index is -4.51. The average Bonchev–Trinajstić information content (AvgIpc) is 3.41. The first kappa shape index (κ1) is 27.9. The second kappa shape index (κ2) is 11.1. The molecular formula is C30H36F4N3O2. The third-order valence-electron chi connectivity index (χ3n) is 9.07. The summed E-state index contributed by atoms with van der Waals surface area (Å²) in [4.78, 5) is 19.7. The molecule has 0 bridgehead atoms. The van der Waals surface area contributed by atoms with Gasteiger partial charge in [-0.15, -0.1) is 0 Å². The summed E-state index contributed by atoms with van der Waals surface area (Å²) in [6.07, 6.45) is -2.56. The van der Waals surface area contributed by atoms with E-state index in [1.165, 1.54) is 6.07 Å². The first-order chi connectivity index (χ1) is 18.6. The van der Waals surface area contributed by atoms with Gasteiger partial charge < -0.3 is 14.9 Å². The second-order valence-corrected chi connectivity index (χ2v) is 11.4. The molecule has 211 valence electrons. The Balaban J connectivity index is 1.62. The van der Waals surface area contributed by atoms with Crippen molar-refractivity contribution in [2.45, 2.75) is 62.7 Å². The molecule has 2 aromatic carbocycles. The molecule has 1 radical (unpaired) electrons. The number of aromatic hydroxyl groups is 1. The van der Waals surface area contributed by atoms with Crippen molar-refractivity contribution < 1.29 is 27.5 Å². The lowest BCUT2D eigenvalue weighted by atomic mass is 9.68. The first-order valence-electron chi connectivity index (χ1n) is 13.8. The number of phenolic OH excluding ortho intramolecular Hbond substituents is 1. The van der Waals surface area contributed by atoms with Crippen LogP contribution in [0.4, 0.5) is 17.6 Å². The zero-order valence-corrected chi connectivity index (χ0v) is 22.4. The van der Waals surface area contributed by atoms with Crippen molar-refractivity contribution in [1.29, 1.82) is 0 Å². The van der Waals surface area contributed by atoms with Crippen LogP contribution in [0.1, 0.15) is 54.2 Å². The maximum atomic E-state index is 14.9. The summed E-state index contributed by atoms with van der Waals surface area (Å²) in [5.74, 6) is -2.85. The lowest BCUT2D eigenvalue weighted by molar-refractivity contribution is -0.185. The summed E-state index contributed by atoms with van der Waals surface area (Å²) in [6.45, 7) is 4.27. The summed E-state index contributed by atoms with van der Waals surface area (Å²) in [6, 6.07) is 11.1. The summed E-state index contributed by atoms with van der Waals surface area (Å²) in [5, 5.41) is 10.9. The molecule has 9 heteroatoms. The van der Waals surface area contributed by atoms with Crippen LogP contribution in [0, 0.1) is 24.7 Å². The van der Waals surface area contributed by atoms with Crippen molar-refractivity contribution in [2.75, 3.05) is 39.8 Å². The molecule has 3 saturated heterocycles. The zero-order valence-electron chi connectivity index (χ0n) is 22.4. The van der Waals surface area contributed by atoms with Crippen molar-refractivity contribution in [3.63, 3.8) is 0 Å². The summed E-state index contributed by atoms with van der Waals surface area (Å²) >= 11 is 0. The molecule has 0 aliphatic carbocycles. The van der Waals surface area contributed by atoms with Gasteiger partial charge in [0, 0.05) is 43.1 Å². The number of hydrogen-bond acceptors (Lipinski definition) is 4. The van der Waals surface area contributed by atoms with Crippen molar-refractivity contribution in [3.8, 4) is 5.75 Å². The number of phenols is 1. The molecule has 0 spiro atoms. The van der Waals surface area contributed by atoms with Gasteiger partial charge in [0.15, 0.2) is 0 Å². The number of carbonyl (C=O) groups is 1. The Morgan fingerprint density at radius 2 is 1.79 bits per heavy atom. The fraction of sp³-hybridized carbons (Fsp3) is 0.567. The van der Waals surface area contributed by atoms with Gasteiger partial charge in [-0.05, 0) is 82.1 Å². The van der Waals surface area contributed by atoms with E-state index >= 15 is 0 Å². The molecule has 0 aromatic heterocycles. The van der Waals surface area contributed by atoms with E-state index in [-0.39, 0.29) is 24.8 Å². The second-order valence-electron chi connectivity index (χ2n) is 11.4. The van der Waals surface area contributed by atoms with Crippen LogP contribution >= 0.6 is 0 Å². The van der Waals surface area contributed by atoms with Crippen LogP contribution in [-0.2, 0) is 4.79 Å². The van der Waals surface area contributed by atoms with Gasteiger partial charge in [-0.1, -0.05) is 24.3 Å². The first-order valence-corrected chi connectivity index (χ1v) is 13.8. The Bertz CT molecular complexity index is 1180. The number of hydrogen-bond donors (Lipinski definition) is 1. The molecule has 0 saturated carbocycles. The van der Waals surface area contributed by atoms with E-state index in [1.807, 2.05) is 0 Å². The minimum absolute atomic E-state index is 0.0207. The van der Waals surface area contributed by atoms with Crippen LogP contribution in [0.25, 0.3) is 0 Å². The average molecular weight is 547 g/mol. The van der Waals surface area contributed by atoms with Crippen LogP contribution in [0.2, 0.25) is 0 Å². The molecule has 5 rings (SSSR count). The van der Waals surface area contributed by atoms with Gasteiger partial charge in [0.25, 0.3) is 0 Å². The molecular weight excluding hydrogens is 510 g/mol. The molecule has 39 heavy (non-hydrogen) atoms. The van der Waals surface area contributed by atoms with E-state index in [0.717, 1.165) is 30.8 Å². The molecule has 1 amide bonds. The minimum Gasteiger partial charge on any atom is -0.508 e. The lowest BCUT2D eigenvalue weighted by Gasteiger charge is -2.49. The molecule has 3 fully saturated rings. The molecule has 5 nitrogen and oxygen atoms in total. The molecule has 1 N–H and O–H groups in total. The molecule has 4 atom stereocenters. The normalized spacial score (nSPS) is 27.7. The zero-order chi connectivity index (χ0) is 27.9. The highest BCUT2D eigenvalue weighted by Crippen LogP contribution is 2.48. The number of carbonyl (C=O) groups excluding carboxylic acids is 1. The van der Waals surface area contributed by atoms with Crippen LogP contribution in [0.15, 0.2) is 36.4 Å². The highest BCUT2D eigenvalue weighted by molar-refractivity contribution is 5.81. The van der Waals surface area contributed by atoms with Crippen LogP contribution in [-0.4, -0.2) is 83.7 Å². The molecule has 0 unspecified atom stereocenters. The number of piperidine rings is 2. The van der Waals surface area contributed by atoms with Gasteiger partial charge in [-0.2, -0.15) is 13.2 Å². The highest BCUT2D eigenvalue weighted by Gasteiger charge is 2.52. The Hall–Kier alpha value is -2.65. The monoisotopic (exact) mass is 546 g/mol.